The molecule has 1 aliphatic carbocycles. The zero-order chi connectivity index (χ0) is 10.8. The molecule has 0 bridgehead atoms. The van der Waals surface area contributed by atoms with Crippen molar-refractivity contribution in [2.45, 2.75) is 26.2 Å². The molecule has 15 heavy (non-hydrogen) atoms. The predicted octanol–water partition coefficient (Wildman–Crippen LogP) is 4.11. The summed E-state index contributed by atoms with van der Waals surface area (Å²) >= 11 is 3.18. The quantitative estimate of drug-likeness (QED) is 0.873. The molecule has 0 radical (unpaired) electrons. The molecule has 0 aliphatic heterocycles. The number of benzene rings is 1. The molecule has 0 spiro atoms. The van der Waals surface area contributed by atoms with Crippen LogP contribution in [0.15, 0.2) is 16.6 Å². The Hall–Kier alpha value is -0.570. The molecule has 1 aromatic carbocycles. The molecule has 3 heteroatoms. The van der Waals surface area contributed by atoms with Crippen molar-refractivity contribution < 1.29 is 4.39 Å². The molecule has 1 aliphatic rings. The Kier molecular flexibility index (Phi) is 3.29. The number of halogens is 2. The average molecular weight is 272 g/mol. The van der Waals surface area contributed by atoms with Gasteiger partial charge >= 0.3 is 0 Å². The van der Waals surface area contributed by atoms with Crippen molar-refractivity contribution in [1.29, 1.82) is 0 Å². The van der Waals surface area contributed by atoms with Crippen molar-refractivity contribution in [3.8, 4) is 0 Å². The van der Waals surface area contributed by atoms with E-state index in [0.717, 1.165) is 23.7 Å². The van der Waals surface area contributed by atoms with E-state index in [1.54, 1.807) is 6.07 Å². The van der Waals surface area contributed by atoms with Crippen LogP contribution >= 0.6 is 15.9 Å². The van der Waals surface area contributed by atoms with Crippen molar-refractivity contribution in [2.24, 2.45) is 5.92 Å². The van der Waals surface area contributed by atoms with Crippen LogP contribution in [0.2, 0.25) is 0 Å². The SMILES string of the molecule is Cc1cc(Br)c(F)cc1NCC1CCC1. The van der Waals surface area contributed by atoms with Crippen LogP contribution in [0, 0.1) is 18.7 Å². The number of hydrogen-bond donors (Lipinski definition) is 1. The normalized spacial score (nSPS) is 16.2. The number of anilines is 1. The van der Waals surface area contributed by atoms with Gasteiger partial charge in [-0.05, 0) is 59.3 Å². The average Bonchev–Trinajstić information content (AvgIpc) is 2.11. The molecule has 2 rings (SSSR count). The van der Waals surface area contributed by atoms with Crippen molar-refractivity contribution >= 4 is 21.6 Å². The van der Waals surface area contributed by atoms with Crippen LogP contribution in [0.25, 0.3) is 0 Å². The number of nitrogens with one attached hydrogen (secondary N) is 1. The second kappa shape index (κ2) is 4.52. The summed E-state index contributed by atoms with van der Waals surface area (Å²) in [4.78, 5) is 0. The third-order valence-corrected chi connectivity index (χ3v) is 3.68. The van der Waals surface area contributed by atoms with Crippen LogP contribution in [0.3, 0.4) is 0 Å². The highest BCUT2D eigenvalue weighted by Crippen LogP contribution is 2.28. The van der Waals surface area contributed by atoms with Crippen LogP contribution in [0.4, 0.5) is 10.1 Å². The van der Waals surface area contributed by atoms with Gasteiger partial charge in [-0.3, -0.25) is 0 Å². The van der Waals surface area contributed by atoms with Crippen LogP contribution in [0.1, 0.15) is 24.8 Å². The molecule has 1 saturated carbocycles. The lowest BCUT2D eigenvalue weighted by molar-refractivity contribution is 0.333. The van der Waals surface area contributed by atoms with Crippen molar-refractivity contribution in [3.63, 3.8) is 0 Å². The van der Waals surface area contributed by atoms with E-state index in [9.17, 15) is 4.39 Å². The molecule has 0 heterocycles. The highest BCUT2D eigenvalue weighted by Gasteiger charge is 2.17. The van der Waals surface area contributed by atoms with E-state index < -0.39 is 0 Å². The van der Waals surface area contributed by atoms with Crippen LogP contribution in [-0.4, -0.2) is 6.54 Å². The van der Waals surface area contributed by atoms with Gasteiger partial charge in [0.25, 0.3) is 0 Å². The molecular formula is C12H15BrFN. The van der Waals surface area contributed by atoms with E-state index >= 15 is 0 Å². The van der Waals surface area contributed by atoms with Gasteiger partial charge in [0, 0.05) is 12.2 Å². The minimum atomic E-state index is -0.197. The Morgan fingerprint density at radius 2 is 2.20 bits per heavy atom. The maximum absolute atomic E-state index is 13.3. The third kappa shape index (κ3) is 2.51. The summed E-state index contributed by atoms with van der Waals surface area (Å²) < 4.78 is 13.8. The van der Waals surface area contributed by atoms with E-state index in [4.69, 9.17) is 0 Å². The van der Waals surface area contributed by atoms with E-state index in [-0.39, 0.29) is 5.82 Å². The standard InChI is InChI=1S/C12H15BrFN/c1-8-5-10(13)11(14)6-12(8)15-7-9-3-2-4-9/h5-6,9,15H,2-4,7H2,1H3. The molecule has 1 N–H and O–H groups in total. The molecule has 82 valence electrons. The van der Waals surface area contributed by atoms with Gasteiger partial charge in [-0.25, -0.2) is 4.39 Å². The number of aryl methyl sites for hydroxylation is 1. The number of rotatable bonds is 3. The summed E-state index contributed by atoms with van der Waals surface area (Å²) in [6.07, 6.45) is 3.97. The molecular weight excluding hydrogens is 257 g/mol. The second-order valence-corrected chi connectivity index (χ2v) is 5.11. The minimum Gasteiger partial charge on any atom is -0.384 e. The van der Waals surface area contributed by atoms with E-state index in [1.807, 2.05) is 13.0 Å². The zero-order valence-electron chi connectivity index (χ0n) is 8.82. The predicted molar refractivity (Wildman–Crippen MR) is 64.7 cm³/mol. The van der Waals surface area contributed by atoms with Gasteiger partial charge in [-0.2, -0.15) is 0 Å². The van der Waals surface area contributed by atoms with Gasteiger partial charge in [0.05, 0.1) is 4.47 Å². The Bertz CT molecular complexity index is 361. The maximum atomic E-state index is 13.3. The summed E-state index contributed by atoms with van der Waals surface area (Å²) in [6, 6.07) is 3.39. The summed E-state index contributed by atoms with van der Waals surface area (Å²) in [6.45, 7) is 2.97. The summed E-state index contributed by atoms with van der Waals surface area (Å²) in [5, 5.41) is 3.32. The van der Waals surface area contributed by atoms with Gasteiger partial charge in [0.15, 0.2) is 0 Å². The highest BCUT2D eigenvalue weighted by atomic mass is 79.9. The van der Waals surface area contributed by atoms with Gasteiger partial charge in [-0.15, -0.1) is 0 Å². The molecule has 0 unspecified atom stereocenters. The second-order valence-electron chi connectivity index (χ2n) is 4.26. The van der Waals surface area contributed by atoms with Crippen molar-refractivity contribution in [2.75, 3.05) is 11.9 Å². The molecule has 0 atom stereocenters. The lowest BCUT2D eigenvalue weighted by Gasteiger charge is -2.26. The lowest BCUT2D eigenvalue weighted by atomic mass is 9.85. The van der Waals surface area contributed by atoms with Crippen LogP contribution in [0.5, 0.6) is 0 Å². The molecule has 0 saturated heterocycles. The molecule has 1 fully saturated rings. The summed E-state index contributed by atoms with van der Waals surface area (Å²) in [5.74, 6) is 0.591. The van der Waals surface area contributed by atoms with Crippen LogP contribution < -0.4 is 5.32 Å². The lowest BCUT2D eigenvalue weighted by Crippen LogP contribution is -2.21. The molecule has 1 aromatic rings. The van der Waals surface area contributed by atoms with Crippen LogP contribution in [-0.2, 0) is 0 Å². The fourth-order valence-corrected chi connectivity index (χ4v) is 2.25. The topological polar surface area (TPSA) is 12.0 Å². The van der Waals surface area contributed by atoms with Crippen molar-refractivity contribution in [3.05, 3.63) is 28.0 Å². The summed E-state index contributed by atoms with van der Waals surface area (Å²) in [7, 11) is 0. The van der Waals surface area contributed by atoms with E-state index in [0.29, 0.717) is 4.47 Å². The van der Waals surface area contributed by atoms with E-state index in [1.165, 1.54) is 19.3 Å². The minimum absolute atomic E-state index is 0.197. The van der Waals surface area contributed by atoms with Gasteiger partial charge in [0.2, 0.25) is 0 Å². The summed E-state index contributed by atoms with van der Waals surface area (Å²) in [5.41, 5.74) is 2.00. The first-order valence-electron chi connectivity index (χ1n) is 5.36. The van der Waals surface area contributed by atoms with E-state index in [2.05, 4.69) is 21.2 Å². The Balaban J connectivity index is 2.03. The monoisotopic (exact) mass is 271 g/mol. The van der Waals surface area contributed by atoms with Gasteiger partial charge in [0.1, 0.15) is 5.82 Å². The Morgan fingerprint density at radius 3 is 2.80 bits per heavy atom. The molecule has 0 aromatic heterocycles. The first kappa shape index (κ1) is 10.9. The maximum Gasteiger partial charge on any atom is 0.139 e. The highest BCUT2D eigenvalue weighted by molar-refractivity contribution is 9.10. The first-order chi connectivity index (χ1) is 7.16. The third-order valence-electron chi connectivity index (χ3n) is 3.07. The Labute approximate surface area is 98.2 Å². The fraction of sp³-hybridized carbons (Fsp3) is 0.500. The smallest absolute Gasteiger partial charge is 0.139 e. The van der Waals surface area contributed by atoms with Crippen molar-refractivity contribution in [1.82, 2.24) is 0 Å². The molecule has 0 amide bonds. The van der Waals surface area contributed by atoms with Gasteiger partial charge < -0.3 is 5.32 Å². The number of hydrogen-bond acceptors (Lipinski definition) is 1. The fourth-order valence-electron chi connectivity index (χ4n) is 1.79. The van der Waals surface area contributed by atoms with Gasteiger partial charge in [-0.1, -0.05) is 6.42 Å². The largest absolute Gasteiger partial charge is 0.384 e. The zero-order valence-corrected chi connectivity index (χ0v) is 10.4. The molecule has 1 nitrogen and oxygen atoms in total. The first-order valence-corrected chi connectivity index (χ1v) is 6.15. The Morgan fingerprint density at radius 1 is 1.47 bits per heavy atom.